The van der Waals surface area contributed by atoms with Crippen molar-refractivity contribution >= 4 is 17.7 Å². The van der Waals surface area contributed by atoms with E-state index in [1.54, 1.807) is 0 Å². The van der Waals surface area contributed by atoms with Crippen molar-refractivity contribution in [2.75, 3.05) is 5.75 Å². The van der Waals surface area contributed by atoms with Crippen LogP contribution in [0.25, 0.3) is 0 Å². The summed E-state index contributed by atoms with van der Waals surface area (Å²) < 4.78 is 38.7. The van der Waals surface area contributed by atoms with Crippen LogP contribution in [-0.2, 0) is 4.79 Å². The van der Waals surface area contributed by atoms with Gasteiger partial charge in [0.25, 0.3) is 0 Å². The number of halogens is 3. The van der Waals surface area contributed by atoms with Crippen LogP contribution in [0.15, 0.2) is 0 Å². The molecule has 98 valence electrons. The first-order valence-electron chi connectivity index (χ1n) is 5.67. The van der Waals surface area contributed by atoms with Gasteiger partial charge in [-0.3, -0.25) is 4.79 Å². The molecular weight excluding hydrogens is 253 g/mol. The summed E-state index contributed by atoms with van der Waals surface area (Å²) in [7, 11) is 0. The van der Waals surface area contributed by atoms with Crippen LogP contribution >= 0.6 is 11.8 Å². The molecule has 3 nitrogen and oxygen atoms in total. The number of nitrogens with zero attached hydrogens (tertiary/aromatic N) is 1. The van der Waals surface area contributed by atoms with E-state index in [0.717, 1.165) is 4.90 Å². The van der Waals surface area contributed by atoms with Crippen molar-refractivity contribution in [1.29, 1.82) is 0 Å². The fourth-order valence-corrected chi connectivity index (χ4v) is 3.80. The number of alkyl halides is 3. The summed E-state index contributed by atoms with van der Waals surface area (Å²) in [6.07, 6.45) is -2.74. The Balaban J connectivity index is 2.27. The topological polar surface area (TPSA) is 46.3 Å². The van der Waals surface area contributed by atoms with Crippen LogP contribution in [0.3, 0.4) is 0 Å². The fraction of sp³-hybridized carbons (Fsp3) is 0.900. The van der Waals surface area contributed by atoms with Crippen LogP contribution in [0, 0.1) is 0 Å². The average molecular weight is 268 g/mol. The Labute approximate surface area is 102 Å². The molecule has 0 aromatic heterocycles. The van der Waals surface area contributed by atoms with Gasteiger partial charge in [-0.05, 0) is 31.4 Å². The molecule has 2 aliphatic heterocycles. The summed E-state index contributed by atoms with van der Waals surface area (Å²) in [6.45, 7) is 0. The zero-order chi connectivity index (χ0) is 12.6. The second-order valence-corrected chi connectivity index (χ2v) is 5.74. The van der Waals surface area contributed by atoms with Crippen molar-refractivity contribution in [1.82, 2.24) is 4.90 Å². The highest BCUT2D eigenvalue weighted by Crippen LogP contribution is 2.39. The molecule has 2 rings (SSSR count). The van der Waals surface area contributed by atoms with E-state index in [2.05, 4.69) is 0 Å². The van der Waals surface area contributed by atoms with Crippen LogP contribution in [0.1, 0.15) is 25.7 Å². The summed E-state index contributed by atoms with van der Waals surface area (Å²) in [4.78, 5) is 12.9. The third-order valence-corrected chi connectivity index (χ3v) is 4.58. The quantitative estimate of drug-likeness (QED) is 0.727. The van der Waals surface area contributed by atoms with Gasteiger partial charge >= 0.3 is 6.18 Å². The Hall–Kier alpha value is -0.430. The van der Waals surface area contributed by atoms with Crippen molar-refractivity contribution in [3.63, 3.8) is 0 Å². The zero-order valence-corrected chi connectivity index (χ0v) is 10.1. The molecule has 0 radical (unpaired) electrons. The molecule has 1 amide bonds. The van der Waals surface area contributed by atoms with Crippen molar-refractivity contribution in [2.45, 2.75) is 49.3 Å². The van der Waals surface area contributed by atoms with Crippen molar-refractivity contribution in [3.05, 3.63) is 0 Å². The molecule has 0 spiro atoms. The second kappa shape index (κ2) is 4.68. The molecule has 2 aliphatic rings. The van der Waals surface area contributed by atoms with Gasteiger partial charge in [0.15, 0.2) is 0 Å². The number of hydrogen-bond acceptors (Lipinski definition) is 3. The Bertz CT molecular complexity index is 310. The minimum Gasteiger partial charge on any atom is -0.320 e. The first-order chi connectivity index (χ1) is 7.91. The highest BCUT2D eigenvalue weighted by atomic mass is 32.2. The summed E-state index contributed by atoms with van der Waals surface area (Å²) in [5.74, 6) is 0.112. The highest BCUT2D eigenvalue weighted by Gasteiger charge is 2.50. The van der Waals surface area contributed by atoms with Crippen molar-refractivity contribution < 1.29 is 18.0 Å². The molecule has 1 unspecified atom stereocenters. The molecule has 0 bridgehead atoms. The smallest absolute Gasteiger partial charge is 0.320 e. The molecule has 2 fully saturated rings. The summed E-state index contributed by atoms with van der Waals surface area (Å²) in [6, 6.07) is -2.43. The minimum absolute atomic E-state index is 0.000972. The lowest BCUT2D eigenvalue weighted by Gasteiger charge is -2.42. The van der Waals surface area contributed by atoms with E-state index in [9.17, 15) is 18.0 Å². The normalized spacial score (nSPS) is 35.4. The number of thioether (sulfide) groups is 1. The highest BCUT2D eigenvalue weighted by molar-refractivity contribution is 7.99. The lowest BCUT2D eigenvalue weighted by atomic mass is 10.00. The summed E-state index contributed by atoms with van der Waals surface area (Å²) in [5.41, 5.74) is 5.62. The molecule has 17 heavy (non-hydrogen) atoms. The van der Waals surface area contributed by atoms with Gasteiger partial charge < -0.3 is 10.6 Å². The van der Waals surface area contributed by atoms with Crippen molar-refractivity contribution in [3.8, 4) is 0 Å². The number of piperidine rings is 1. The van der Waals surface area contributed by atoms with E-state index in [4.69, 9.17) is 5.73 Å². The fourth-order valence-electron chi connectivity index (χ4n) is 2.39. The van der Waals surface area contributed by atoms with Crippen LogP contribution in [0.2, 0.25) is 0 Å². The maximum absolute atomic E-state index is 12.9. The van der Waals surface area contributed by atoms with Gasteiger partial charge in [-0.15, -0.1) is 11.8 Å². The van der Waals surface area contributed by atoms with Crippen molar-refractivity contribution in [2.24, 2.45) is 5.73 Å². The Kier molecular flexibility index (Phi) is 3.58. The Morgan fingerprint density at radius 1 is 1.29 bits per heavy atom. The van der Waals surface area contributed by atoms with Gasteiger partial charge in [-0.1, -0.05) is 0 Å². The van der Waals surface area contributed by atoms with Gasteiger partial charge in [0, 0.05) is 0 Å². The van der Waals surface area contributed by atoms with E-state index >= 15 is 0 Å². The second-order valence-electron chi connectivity index (χ2n) is 4.45. The van der Waals surface area contributed by atoms with E-state index in [0.29, 0.717) is 25.0 Å². The lowest BCUT2D eigenvalue weighted by molar-refractivity contribution is -0.198. The number of carbonyl (C=O) groups is 1. The monoisotopic (exact) mass is 268 g/mol. The van der Waals surface area contributed by atoms with Gasteiger partial charge in [-0.25, -0.2) is 0 Å². The summed E-state index contributed by atoms with van der Waals surface area (Å²) in [5, 5.41) is -0.351. The SMILES string of the molecule is NC1CCS[C@H]2CCC[C@@H](C(F)(F)F)N2C1=O. The predicted molar refractivity (Wildman–Crippen MR) is 59.4 cm³/mol. The first kappa shape index (κ1) is 13.0. The largest absolute Gasteiger partial charge is 0.408 e. The molecule has 2 heterocycles. The molecule has 3 atom stereocenters. The van der Waals surface area contributed by atoms with Gasteiger partial charge in [0.2, 0.25) is 5.91 Å². The molecule has 2 saturated heterocycles. The molecule has 0 aromatic carbocycles. The van der Waals surface area contributed by atoms with Crippen LogP contribution in [-0.4, -0.2) is 40.2 Å². The van der Waals surface area contributed by atoms with Crippen LogP contribution in [0.4, 0.5) is 13.2 Å². The summed E-state index contributed by atoms with van der Waals surface area (Å²) >= 11 is 1.42. The molecule has 7 heteroatoms. The van der Waals surface area contributed by atoms with E-state index < -0.39 is 24.2 Å². The van der Waals surface area contributed by atoms with Gasteiger partial charge in [0.05, 0.1) is 11.4 Å². The third-order valence-electron chi connectivity index (χ3n) is 3.26. The average Bonchev–Trinajstić information content (AvgIpc) is 2.39. The maximum Gasteiger partial charge on any atom is 0.408 e. The first-order valence-corrected chi connectivity index (χ1v) is 6.72. The Morgan fingerprint density at radius 2 is 2.00 bits per heavy atom. The number of rotatable bonds is 0. The maximum atomic E-state index is 12.9. The predicted octanol–water partition coefficient (Wildman–Crippen LogP) is 1.72. The van der Waals surface area contributed by atoms with Crippen LogP contribution in [0.5, 0.6) is 0 Å². The molecule has 0 saturated carbocycles. The zero-order valence-electron chi connectivity index (χ0n) is 9.24. The molecular formula is C10H15F3N2OS. The number of carbonyl (C=O) groups excluding carboxylic acids is 1. The van der Waals surface area contributed by atoms with E-state index in [1.165, 1.54) is 11.8 Å². The molecule has 2 N–H and O–H groups in total. The number of fused-ring (bicyclic) bond motifs is 1. The number of hydrogen-bond donors (Lipinski definition) is 1. The number of nitrogens with two attached hydrogens (primary N) is 1. The third kappa shape index (κ3) is 2.54. The van der Waals surface area contributed by atoms with Crippen LogP contribution < -0.4 is 5.73 Å². The number of amides is 1. The van der Waals surface area contributed by atoms with E-state index in [-0.39, 0.29) is 11.8 Å². The molecule has 0 aromatic rings. The standard InChI is InChI=1S/C10H15F3N2OS/c11-10(12,13)7-2-1-3-8-15(7)9(16)6(14)4-5-17-8/h6-8H,1-5,14H2/t6?,7-,8-/m0/s1. The van der Waals surface area contributed by atoms with Gasteiger partial charge in [0.1, 0.15) is 6.04 Å². The molecule has 0 aliphatic carbocycles. The Morgan fingerprint density at radius 3 is 2.65 bits per heavy atom. The van der Waals surface area contributed by atoms with Gasteiger partial charge in [-0.2, -0.15) is 13.2 Å². The van der Waals surface area contributed by atoms with E-state index in [1.807, 2.05) is 0 Å². The minimum atomic E-state index is -4.35. The lowest BCUT2D eigenvalue weighted by Crippen LogP contribution is -2.57.